The summed E-state index contributed by atoms with van der Waals surface area (Å²) in [6.07, 6.45) is 1.24. The zero-order valence-electron chi connectivity index (χ0n) is 12.6. The Labute approximate surface area is 121 Å². The van der Waals surface area contributed by atoms with Crippen LogP contribution in [0.3, 0.4) is 0 Å². The van der Waals surface area contributed by atoms with Crippen LogP contribution >= 0.6 is 0 Å². The summed E-state index contributed by atoms with van der Waals surface area (Å²) in [6, 6.07) is 7.69. The molecule has 1 amide bonds. The van der Waals surface area contributed by atoms with Crippen molar-refractivity contribution in [2.75, 3.05) is 13.2 Å². The van der Waals surface area contributed by atoms with Crippen molar-refractivity contribution in [1.29, 1.82) is 0 Å². The Balaban J connectivity index is 2.36. The fourth-order valence-electron chi connectivity index (χ4n) is 1.82. The van der Waals surface area contributed by atoms with Crippen LogP contribution in [-0.2, 0) is 11.2 Å². The fraction of sp³-hybridized carbons (Fsp3) is 0.562. The van der Waals surface area contributed by atoms with Gasteiger partial charge in [-0.25, -0.2) is 0 Å². The van der Waals surface area contributed by atoms with Crippen molar-refractivity contribution in [3.8, 4) is 5.75 Å². The second-order valence-corrected chi connectivity index (χ2v) is 5.01. The Morgan fingerprint density at radius 1 is 1.35 bits per heavy atom. The molecule has 2 atom stereocenters. The van der Waals surface area contributed by atoms with E-state index in [0.29, 0.717) is 0 Å². The van der Waals surface area contributed by atoms with Gasteiger partial charge in [0.15, 0.2) is 6.61 Å². The quantitative estimate of drug-likeness (QED) is 0.766. The lowest BCUT2D eigenvalue weighted by atomic mass is 10.0. The van der Waals surface area contributed by atoms with Crippen molar-refractivity contribution in [3.63, 3.8) is 0 Å². The second-order valence-electron chi connectivity index (χ2n) is 5.01. The summed E-state index contributed by atoms with van der Waals surface area (Å²) in [5.41, 5.74) is 1.08. The summed E-state index contributed by atoms with van der Waals surface area (Å²) >= 11 is 0. The van der Waals surface area contributed by atoms with Gasteiger partial charge in [0.2, 0.25) is 0 Å². The number of hydrogen-bond acceptors (Lipinski definition) is 3. The summed E-state index contributed by atoms with van der Waals surface area (Å²) in [4.78, 5) is 11.7. The predicted octanol–water partition coefficient (Wildman–Crippen LogP) is 2.15. The van der Waals surface area contributed by atoms with Crippen LogP contribution in [-0.4, -0.2) is 30.3 Å². The van der Waals surface area contributed by atoms with Crippen LogP contribution in [0.1, 0.15) is 32.8 Å². The van der Waals surface area contributed by atoms with Gasteiger partial charge in [0.25, 0.3) is 5.91 Å². The first-order valence-electron chi connectivity index (χ1n) is 7.23. The van der Waals surface area contributed by atoms with E-state index in [1.54, 1.807) is 0 Å². The minimum Gasteiger partial charge on any atom is -0.483 e. The first-order chi connectivity index (χ1) is 9.58. The summed E-state index contributed by atoms with van der Waals surface area (Å²) in [5, 5.41) is 12.5. The molecule has 0 aromatic heterocycles. The lowest BCUT2D eigenvalue weighted by molar-refractivity contribution is -0.123. The summed E-state index contributed by atoms with van der Waals surface area (Å²) in [5.74, 6) is 0.711. The highest BCUT2D eigenvalue weighted by Gasteiger charge is 2.13. The first kappa shape index (κ1) is 16.5. The number of amides is 1. The van der Waals surface area contributed by atoms with Crippen LogP contribution in [0.25, 0.3) is 0 Å². The van der Waals surface area contributed by atoms with Crippen LogP contribution in [0, 0.1) is 5.92 Å². The third kappa shape index (κ3) is 5.21. The number of aryl methyl sites for hydroxylation is 1. The van der Waals surface area contributed by atoms with Crippen LogP contribution in [0.4, 0.5) is 0 Å². The molecule has 0 radical (unpaired) electrons. The lowest BCUT2D eigenvalue weighted by Crippen LogP contribution is -2.37. The zero-order chi connectivity index (χ0) is 15.0. The maximum absolute atomic E-state index is 11.7. The normalized spacial score (nSPS) is 13.6. The van der Waals surface area contributed by atoms with Gasteiger partial charge in [0, 0.05) is 6.54 Å². The van der Waals surface area contributed by atoms with Gasteiger partial charge in [-0.2, -0.15) is 0 Å². The number of carbonyl (C=O) groups excluding carboxylic acids is 1. The monoisotopic (exact) mass is 279 g/mol. The number of ether oxygens (including phenoxy) is 1. The van der Waals surface area contributed by atoms with Crippen LogP contribution in [0.2, 0.25) is 0 Å². The highest BCUT2D eigenvalue weighted by atomic mass is 16.5. The van der Waals surface area contributed by atoms with Gasteiger partial charge >= 0.3 is 0 Å². The molecular weight excluding hydrogens is 254 g/mol. The summed E-state index contributed by atoms with van der Waals surface area (Å²) < 4.78 is 5.52. The van der Waals surface area contributed by atoms with Gasteiger partial charge in [-0.05, 0) is 24.0 Å². The van der Waals surface area contributed by atoms with Crippen molar-refractivity contribution in [2.45, 2.75) is 39.7 Å². The molecule has 0 aliphatic heterocycles. The second kappa shape index (κ2) is 8.59. The maximum Gasteiger partial charge on any atom is 0.258 e. The SMILES string of the molecule is CCc1ccccc1OCC(=O)NCC(O)C(C)CC. The van der Waals surface area contributed by atoms with Gasteiger partial charge in [-0.3, -0.25) is 4.79 Å². The smallest absolute Gasteiger partial charge is 0.258 e. The number of nitrogens with one attached hydrogen (secondary N) is 1. The van der Waals surface area contributed by atoms with Gasteiger partial charge in [0.1, 0.15) is 5.75 Å². The molecule has 2 unspecified atom stereocenters. The van der Waals surface area contributed by atoms with E-state index in [1.165, 1.54) is 0 Å². The average Bonchev–Trinajstić information content (AvgIpc) is 2.49. The van der Waals surface area contributed by atoms with Gasteiger partial charge in [0.05, 0.1) is 6.10 Å². The Morgan fingerprint density at radius 2 is 2.05 bits per heavy atom. The van der Waals surface area contributed by atoms with E-state index >= 15 is 0 Å². The maximum atomic E-state index is 11.7. The molecule has 20 heavy (non-hydrogen) atoms. The van der Waals surface area contributed by atoms with E-state index in [0.717, 1.165) is 24.2 Å². The molecule has 0 aliphatic rings. The molecule has 1 aromatic carbocycles. The molecule has 0 spiro atoms. The third-order valence-corrected chi connectivity index (χ3v) is 3.52. The Morgan fingerprint density at radius 3 is 2.70 bits per heavy atom. The number of aliphatic hydroxyl groups is 1. The van der Waals surface area contributed by atoms with E-state index in [4.69, 9.17) is 4.74 Å². The number of carbonyl (C=O) groups is 1. The molecule has 0 heterocycles. The number of rotatable bonds is 8. The Bertz CT molecular complexity index is 420. The summed E-state index contributed by atoms with van der Waals surface area (Å²) in [7, 11) is 0. The molecule has 0 saturated heterocycles. The fourth-order valence-corrected chi connectivity index (χ4v) is 1.82. The molecule has 0 fully saturated rings. The molecule has 1 rings (SSSR count). The Hall–Kier alpha value is -1.55. The van der Waals surface area contributed by atoms with Crippen molar-refractivity contribution in [3.05, 3.63) is 29.8 Å². The molecule has 4 heteroatoms. The number of hydrogen-bond donors (Lipinski definition) is 2. The molecule has 2 N–H and O–H groups in total. The van der Waals surface area contributed by atoms with E-state index in [-0.39, 0.29) is 25.0 Å². The van der Waals surface area contributed by atoms with Crippen LogP contribution in [0.15, 0.2) is 24.3 Å². The van der Waals surface area contributed by atoms with Crippen LogP contribution in [0.5, 0.6) is 5.75 Å². The van der Waals surface area contributed by atoms with Crippen LogP contribution < -0.4 is 10.1 Å². The average molecular weight is 279 g/mol. The van der Waals surface area contributed by atoms with E-state index < -0.39 is 6.10 Å². The van der Waals surface area contributed by atoms with Gasteiger partial charge in [-0.15, -0.1) is 0 Å². The Kier molecular flexibility index (Phi) is 7.09. The highest BCUT2D eigenvalue weighted by Crippen LogP contribution is 2.17. The lowest BCUT2D eigenvalue weighted by Gasteiger charge is -2.17. The first-order valence-corrected chi connectivity index (χ1v) is 7.23. The van der Waals surface area contributed by atoms with E-state index in [2.05, 4.69) is 5.32 Å². The number of aliphatic hydroxyl groups excluding tert-OH is 1. The largest absolute Gasteiger partial charge is 0.483 e. The minimum atomic E-state index is -0.508. The van der Waals surface area contributed by atoms with Crippen molar-refractivity contribution in [1.82, 2.24) is 5.32 Å². The molecule has 0 aliphatic carbocycles. The molecular formula is C16H25NO3. The number of para-hydroxylation sites is 1. The third-order valence-electron chi connectivity index (χ3n) is 3.52. The predicted molar refractivity (Wildman–Crippen MR) is 79.8 cm³/mol. The van der Waals surface area contributed by atoms with Crippen molar-refractivity contribution in [2.24, 2.45) is 5.92 Å². The topological polar surface area (TPSA) is 58.6 Å². The standard InChI is InChI=1S/C16H25NO3/c1-4-12(3)14(18)10-17-16(19)11-20-15-9-7-6-8-13(15)5-2/h6-9,12,14,18H,4-5,10-11H2,1-3H3,(H,17,19). The van der Waals surface area contributed by atoms with Crippen molar-refractivity contribution >= 4 is 5.91 Å². The molecule has 0 bridgehead atoms. The van der Waals surface area contributed by atoms with Gasteiger partial charge in [-0.1, -0.05) is 45.4 Å². The highest BCUT2D eigenvalue weighted by molar-refractivity contribution is 5.77. The summed E-state index contributed by atoms with van der Waals surface area (Å²) in [6.45, 7) is 6.27. The molecule has 112 valence electrons. The molecule has 1 aromatic rings. The van der Waals surface area contributed by atoms with E-state index in [1.807, 2.05) is 45.0 Å². The zero-order valence-corrected chi connectivity index (χ0v) is 12.6. The molecule has 4 nitrogen and oxygen atoms in total. The van der Waals surface area contributed by atoms with Crippen molar-refractivity contribution < 1.29 is 14.6 Å². The van der Waals surface area contributed by atoms with Gasteiger partial charge < -0.3 is 15.2 Å². The number of benzene rings is 1. The molecule has 0 saturated carbocycles. The minimum absolute atomic E-state index is 0.0236. The van der Waals surface area contributed by atoms with E-state index in [9.17, 15) is 9.90 Å².